The number of amides is 1. The largest absolute Gasteiger partial charge is 0.444 e. The second-order valence-corrected chi connectivity index (χ2v) is 4.83. The number of nitrogens with one attached hydrogen (secondary N) is 2. The molecule has 5 nitrogen and oxygen atoms in total. The van der Waals surface area contributed by atoms with E-state index in [1.54, 1.807) is 0 Å². The molecular formula is C11H25N3O2. The maximum Gasteiger partial charge on any atom is 0.407 e. The lowest BCUT2D eigenvalue weighted by Gasteiger charge is -2.26. The maximum absolute atomic E-state index is 11.5. The molecule has 16 heavy (non-hydrogen) atoms. The summed E-state index contributed by atoms with van der Waals surface area (Å²) in [4.78, 5) is 11.5. The zero-order valence-corrected chi connectivity index (χ0v) is 11.0. The topological polar surface area (TPSA) is 76.4 Å². The van der Waals surface area contributed by atoms with Gasteiger partial charge in [-0.1, -0.05) is 6.92 Å². The van der Waals surface area contributed by atoms with Crippen molar-refractivity contribution in [1.29, 1.82) is 0 Å². The third kappa shape index (κ3) is 6.63. The summed E-state index contributed by atoms with van der Waals surface area (Å²) in [5, 5.41) is 5.97. The second-order valence-electron chi connectivity index (χ2n) is 4.83. The van der Waals surface area contributed by atoms with Gasteiger partial charge in [-0.3, -0.25) is 0 Å². The summed E-state index contributed by atoms with van der Waals surface area (Å²) in [6.07, 6.45) is -0.406. The Kier molecular flexibility index (Phi) is 6.36. The Bertz CT molecular complexity index is 214. The molecule has 0 saturated carbocycles. The van der Waals surface area contributed by atoms with E-state index >= 15 is 0 Å². The van der Waals surface area contributed by atoms with Crippen molar-refractivity contribution in [3.63, 3.8) is 0 Å². The number of ether oxygens (including phenoxy) is 1. The third-order valence-corrected chi connectivity index (χ3v) is 2.07. The van der Waals surface area contributed by atoms with Crippen molar-refractivity contribution in [3.8, 4) is 0 Å². The SMILES string of the molecule is CCNC(CN)C(C)NC(=O)OC(C)(C)C. The molecule has 0 aliphatic heterocycles. The van der Waals surface area contributed by atoms with E-state index in [1.807, 2.05) is 34.6 Å². The van der Waals surface area contributed by atoms with Gasteiger partial charge in [0.25, 0.3) is 0 Å². The van der Waals surface area contributed by atoms with Crippen molar-refractivity contribution in [3.05, 3.63) is 0 Å². The van der Waals surface area contributed by atoms with Gasteiger partial charge in [0.2, 0.25) is 0 Å². The molecule has 0 heterocycles. The Morgan fingerprint density at radius 2 is 2.00 bits per heavy atom. The summed E-state index contributed by atoms with van der Waals surface area (Å²) in [7, 11) is 0. The van der Waals surface area contributed by atoms with Crippen LogP contribution in [0.5, 0.6) is 0 Å². The Balaban J connectivity index is 4.11. The molecule has 0 rings (SSSR count). The van der Waals surface area contributed by atoms with Gasteiger partial charge in [0, 0.05) is 18.6 Å². The first-order chi connectivity index (χ1) is 7.30. The van der Waals surface area contributed by atoms with Crippen molar-refractivity contribution in [2.45, 2.75) is 52.3 Å². The predicted molar refractivity (Wildman–Crippen MR) is 65.4 cm³/mol. The maximum atomic E-state index is 11.5. The van der Waals surface area contributed by atoms with Crippen LogP contribution >= 0.6 is 0 Å². The molecule has 0 saturated heterocycles. The summed E-state index contributed by atoms with van der Waals surface area (Å²) in [5.41, 5.74) is 5.14. The van der Waals surface area contributed by atoms with Crippen LogP contribution in [-0.4, -0.2) is 36.9 Å². The van der Waals surface area contributed by atoms with E-state index in [4.69, 9.17) is 10.5 Å². The van der Waals surface area contributed by atoms with Gasteiger partial charge in [0.1, 0.15) is 5.60 Å². The summed E-state index contributed by atoms with van der Waals surface area (Å²) in [6.45, 7) is 10.7. The Hall–Kier alpha value is -0.810. The minimum atomic E-state index is -0.472. The molecule has 0 aromatic rings. The van der Waals surface area contributed by atoms with Gasteiger partial charge in [0.05, 0.1) is 0 Å². The van der Waals surface area contributed by atoms with Gasteiger partial charge >= 0.3 is 6.09 Å². The molecule has 5 heteroatoms. The summed E-state index contributed by atoms with van der Waals surface area (Å²) in [5.74, 6) is 0. The van der Waals surface area contributed by atoms with E-state index in [-0.39, 0.29) is 12.1 Å². The van der Waals surface area contributed by atoms with Gasteiger partial charge in [0.15, 0.2) is 0 Å². The lowest BCUT2D eigenvalue weighted by atomic mass is 10.1. The Morgan fingerprint density at radius 1 is 1.44 bits per heavy atom. The van der Waals surface area contributed by atoms with Crippen LogP contribution in [0.2, 0.25) is 0 Å². The van der Waals surface area contributed by atoms with Crippen LogP contribution in [0.15, 0.2) is 0 Å². The molecular weight excluding hydrogens is 206 g/mol. The molecule has 1 amide bonds. The highest BCUT2D eigenvalue weighted by Crippen LogP contribution is 2.07. The Morgan fingerprint density at radius 3 is 2.38 bits per heavy atom. The minimum absolute atomic E-state index is 0.0557. The van der Waals surface area contributed by atoms with Crippen molar-refractivity contribution in [2.24, 2.45) is 5.73 Å². The van der Waals surface area contributed by atoms with Gasteiger partial charge in [-0.2, -0.15) is 0 Å². The quantitative estimate of drug-likeness (QED) is 0.655. The monoisotopic (exact) mass is 231 g/mol. The summed E-state index contributed by atoms with van der Waals surface area (Å²) in [6, 6.07) is 0.0114. The van der Waals surface area contributed by atoms with Crippen LogP contribution in [0.25, 0.3) is 0 Å². The highest BCUT2D eigenvalue weighted by atomic mass is 16.6. The smallest absolute Gasteiger partial charge is 0.407 e. The zero-order chi connectivity index (χ0) is 12.8. The van der Waals surface area contributed by atoms with Crippen molar-refractivity contribution in [2.75, 3.05) is 13.1 Å². The molecule has 0 fully saturated rings. The zero-order valence-electron chi connectivity index (χ0n) is 11.0. The van der Waals surface area contributed by atoms with Crippen LogP contribution < -0.4 is 16.4 Å². The highest BCUT2D eigenvalue weighted by molar-refractivity contribution is 5.68. The van der Waals surface area contributed by atoms with Crippen molar-refractivity contribution < 1.29 is 9.53 Å². The first-order valence-corrected chi connectivity index (χ1v) is 5.73. The average molecular weight is 231 g/mol. The van der Waals surface area contributed by atoms with Crippen LogP contribution in [0.3, 0.4) is 0 Å². The number of hydrogen-bond donors (Lipinski definition) is 3. The van der Waals surface area contributed by atoms with E-state index < -0.39 is 11.7 Å². The van der Waals surface area contributed by atoms with Gasteiger partial charge < -0.3 is 21.1 Å². The van der Waals surface area contributed by atoms with E-state index in [0.717, 1.165) is 6.54 Å². The molecule has 0 radical (unpaired) electrons. The summed E-state index contributed by atoms with van der Waals surface area (Å²) < 4.78 is 5.16. The van der Waals surface area contributed by atoms with E-state index in [2.05, 4.69) is 10.6 Å². The molecule has 0 spiro atoms. The van der Waals surface area contributed by atoms with E-state index in [0.29, 0.717) is 6.54 Å². The molecule has 2 atom stereocenters. The number of carbonyl (C=O) groups is 1. The fourth-order valence-electron chi connectivity index (χ4n) is 1.32. The van der Waals surface area contributed by atoms with Crippen LogP contribution in [0, 0.1) is 0 Å². The molecule has 4 N–H and O–H groups in total. The normalized spacial score (nSPS) is 15.4. The van der Waals surface area contributed by atoms with Gasteiger partial charge in [-0.05, 0) is 34.2 Å². The lowest BCUT2D eigenvalue weighted by Crippen LogP contribution is -2.52. The van der Waals surface area contributed by atoms with Crippen molar-refractivity contribution >= 4 is 6.09 Å². The van der Waals surface area contributed by atoms with Crippen LogP contribution in [0.4, 0.5) is 4.79 Å². The molecule has 0 bridgehead atoms. The fraction of sp³-hybridized carbons (Fsp3) is 0.909. The number of rotatable bonds is 5. The molecule has 0 aliphatic carbocycles. The first-order valence-electron chi connectivity index (χ1n) is 5.73. The molecule has 2 unspecified atom stereocenters. The Labute approximate surface area is 98.1 Å². The average Bonchev–Trinajstić information content (AvgIpc) is 2.10. The molecule has 0 aromatic carbocycles. The third-order valence-electron chi connectivity index (χ3n) is 2.07. The lowest BCUT2D eigenvalue weighted by molar-refractivity contribution is 0.0499. The van der Waals surface area contributed by atoms with Gasteiger partial charge in [-0.15, -0.1) is 0 Å². The number of likely N-dealkylation sites (N-methyl/N-ethyl adjacent to an activating group) is 1. The van der Waals surface area contributed by atoms with E-state index in [9.17, 15) is 4.79 Å². The number of carbonyl (C=O) groups excluding carboxylic acids is 1. The predicted octanol–water partition coefficient (Wildman–Crippen LogP) is 0.836. The standard InChI is InChI=1S/C11H25N3O2/c1-6-13-9(7-12)8(2)14-10(15)16-11(3,4)5/h8-9,13H,6-7,12H2,1-5H3,(H,14,15). The number of hydrogen-bond acceptors (Lipinski definition) is 4. The molecule has 0 aliphatic rings. The van der Waals surface area contributed by atoms with Crippen LogP contribution in [-0.2, 0) is 4.74 Å². The first kappa shape index (κ1) is 15.2. The molecule has 96 valence electrons. The van der Waals surface area contributed by atoms with Crippen molar-refractivity contribution in [1.82, 2.24) is 10.6 Å². The summed E-state index contributed by atoms with van der Waals surface area (Å²) >= 11 is 0. The highest BCUT2D eigenvalue weighted by Gasteiger charge is 2.21. The second kappa shape index (κ2) is 6.70. The van der Waals surface area contributed by atoms with E-state index in [1.165, 1.54) is 0 Å². The van der Waals surface area contributed by atoms with Gasteiger partial charge in [-0.25, -0.2) is 4.79 Å². The number of nitrogens with two attached hydrogens (primary N) is 1. The van der Waals surface area contributed by atoms with Crippen LogP contribution in [0.1, 0.15) is 34.6 Å². The molecule has 0 aromatic heterocycles. The fourth-order valence-corrected chi connectivity index (χ4v) is 1.32. The minimum Gasteiger partial charge on any atom is -0.444 e. The number of alkyl carbamates (subject to hydrolysis) is 1.